The minimum atomic E-state index is -0.180. The lowest BCUT2D eigenvalue weighted by atomic mass is 10.1. The van der Waals surface area contributed by atoms with Crippen LogP contribution in [0, 0.1) is 0 Å². The van der Waals surface area contributed by atoms with Crippen LogP contribution in [-0.2, 0) is 19.7 Å². The number of hydrogen-bond acceptors (Lipinski definition) is 6. The van der Waals surface area contributed by atoms with Crippen molar-refractivity contribution in [2.75, 3.05) is 0 Å². The molecule has 6 nitrogen and oxygen atoms in total. The number of nitrogens with zero attached hydrogens (tertiary/aromatic N) is 3. The number of nitrogens with one attached hydrogen (secondary N) is 1. The van der Waals surface area contributed by atoms with Gasteiger partial charge in [-0.25, -0.2) is 4.98 Å². The second-order valence-corrected chi connectivity index (χ2v) is 8.94. The minimum Gasteiger partial charge on any atom is -0.505 e. The molecule has 0 radical (unpaired) electrons. The summed E-state index contributed by atoms with van der Waals surface area (Å²) < 4.78 is 5.63. The topological polar surface area (TPSA) is 80.2 Å². The van der Waals surface area contributed by atoms with Crippen LogP contribution >= 0.6 is 46.4 Å². The quantitative estimate of drug-likeness (QED) is 0.260. The molecule has 34 heavy (non-hydrogen) atoms. The van der Waals surface area contributed by atoms with E-state index in [2.05, 4.69) is 20.5 Å². The first-order valence-corrected chi connectivity index (χ1v) is 11.6. The Hall–Kier alpha value is -2.61. The van der Waals surface area contributed by atoms with Crippen LogP contribution in [0.4, 0.5) is 0 Å². The molecule has 1 aromatic heterocycles. The van der Waals surface area contributed by atoms with Crippen LogP contribution in [0.25, 0.3) is 11.3 Å². The van der Waals surface area contributed by atoms with E-state index in [1.165, 1.54) is 18.3 Å². The summed E-state index contributed by atoms with van der Waals surface area (Å²) in [5, 5.41) is 22.5. The van der Waals surface area contributed by atoms with E-state index < -0.39 is 0 Å². The molecule has 0 saturated carbocycles. The molecule has 0 aliphatic carbocycles. The largest absolute Gasteiger partial charge is 0.505 e. The maximum atomic E-state index is 9.68. The van der Waals surface area contributed by atoms with Gasteiger partial charge in [-0.15, -0.1) is 5.10 Å². The van der Waals surface area contributed by atoms with Crippen molar-refractivity contribution in [1.29, 1.82) is 0 Å². The molecule has 0 fully saturated rings. The van der Waals surface area contributed by atoms with Crippen molar-refractivity contribution in [3.8, 4) is 23.0 Å². The lowest BCUT2D eigenvalue weighted by Crippen LogP contribution is -2.13. The zero-order chi connectivity index (χ0) is 24.1. The second kappa shape index (κ2) is 11.2. The third kappa shape index (κ3) is 6.09. The van der Waals surface area contributed by atoms with Crippen molar-refractivity contribution in [3.05, 3.63) is 97.6 Å². The van der Waals surface area contributed by atoms with Gasteiger partial charge in [0.25, 0.3) is 0 Å². The van der Waals surface area contributed by atoms with Gasteiger partial charge in [-0.05, 0) is 34.9 Å². The number of benzene rings is 3. The fourth-order valence-corrected chi connectivity index (χ4v) is 3.98. The molecule has 174 valence electrons. The lowest BCUT2D eigenvalue weighted by Gasteiger charge is -2.09. The van der Waals surface area contributed by atoms with Crippen molar-refractivity contribution in [2.45, 2.75) is 19.7 Å². The number of rotatable bonds is 8. The van der Waals surface area contributed by atoms with E-state index in [1.54, 1.807) is 6.07 Å². The van der Waals surface area contributed by atoms with Gasteiger partial charge in [0.05, 0.1) is 26.3 Å². The second-order valence-electron chi connectivity index (χ2n) is 7.34. The Balaban J connectivity index is 1.29. The van der Waals surface area contributed by atoms with Crippen molar-refractivity contribution >= 4 is 46.4 Å². The average Bonchev–Trinajstić information content (AvgIpc) is 2.84. The molecule has 0 amide bonds. The summed E-state index contributed by atoms with van der Waals surface area (Å²) in [6.07, 6.45) is 1.50. The first-order valence-electron chi connectivity index (χ1n) is 10.1. The van der Waals surface area contributed by atoms with E-state index in [1.807, 2.05) is 36.4 Å². The van der Waals surface area contributed by atoms with E-state index in [9.17, 15) is 5.11 Å². The Morgan fingerprint density at radius 1 is 0.824 bits per heavy atom. The number of phenols is 1. The molecule has 0 bridgehead atoms. The Labute approximate surface area is 216 Å². The summed E-state index contributed by atoms with van der Waals surface area (Å²) in [5.41, 5.74) is 4.07. The van der Waals surface area contributed by atoms with Gasteiger partial charge in [0.1, 0.15) is 12.3 Å². The summed E-state index contributed by atoms with van der Waals surface area (Å²) in [6.45, 7) is 1.60. The Bertz CT molecular complexity index is 1260. The third-order valence-corrected chi connectivity index (χ3v) is 6.35. The molecular weight excluding hydrogens is 518 g/mol. The number of phenolic OH excluding ortho intramolecular Hbond substituents is 1. The monoisotopic (exact) mass is 534 g/mol. The summed E-state index contributed by atoms with van der Waals surface area (Å²) in [6, 6.07) is 16.8. The Morgan fingerprint density at radius 3 is 2.21 bits per heavy atom. The van der Waals surface area contributed by atoms with Crippen LogP contribution in [0.15, 0.2) is 60.8 Å². The standard InChI is InChI=1S/C24H18Cl4N4O2/c25-18-3-1-2-16(22(18)28)11-29-10-14-4-6-15(7-5-14)13-34-24-30-12-21(31-32-24)17-8-19(26)23(33)20(27)9-17/h1-9,12,29,33H,10-11,13H2. The first-order chi connectivity index (χ1) is 16.4. The van der Waals surface area contributed by atoms with Crippen molar-refractivity contribution < 1.29 is 9.84 Å². The number of halogens is 4. The highest BCUT2D eigenvalue weighted by Gasteiger charge is 2.11. The molecule has 0 saturated heterocycles. The van der Waals surface area contributed by atoms with E-state index in [-0.39, 0.29) is 21.8 Å². The highest BCUT2D eigenvalue weighted by atomic mass is 35.5. The Kier molecular flexibility index (Phi) is 8.08. The zero-order valence-corrected chi connectivity index (χ0v) is 20.6. The van der Waals surface area contributed by atoms with Crippen LogP contribution in [0.2, 0.25) is 20.1 Å². The maximum Gasteiger partial charge on any atom is 0.336 e. The molecule has 0 aliphatic heterocycles. The van der Waals surface area contributed by atoms with Crippen molar-refractivity contribution in [2.24, 2.45) is 0 Å². The van der Waals surface area contributed by atoms with Crippen LogP contribution in [0.1, 0.15) is 16.7 Å². The molecule has 0 atom stereocenters. The molecule has 0 aliphatic rings. The summed E-state index contributed by atoms with van der Waals surface area (Å²) in [7, 11) is 0. The van der Waals surface area contributed by atoms with E-state index in [0.29, 0.717) is 41.0 Å². The average molecular weight is 536 g/mol. The maximum absolute atomic E-state index is 9.68. The molecule has 1 heterocycles. The molecule has 4 rings (SSSR count). The molecular formula is C24H18Cl4N4O2. The summed E-state index contributed by atoms with van der Waals surface area (Å²) in [5.74, 6) is -0.180. The van der Waals surface area contributed by atoms with Crippen LogP contribution < -0.4 is 10.1 Å². The van der Waals surface area contributed by atoms with Crippen molar-refractivity contribution in [1.82, 2.24) is 20.5 Å². The van der Waals surface area contributed by atoms with Gasteiger partial charge in [0, 0.05) is 18.7 Å². The molecule has 0 unspecified atom stereocenters. The zero-order valence-electron chi connectivity index (χ0n) is 17.6. The number of ether oxygens (including phenoxy) is 1. The Morgan fingerprint density at radius 2 is 1.53 bits per heavy atom. The fraction of sp³-hybridized carbons (Fsp3) is 0.125. The molecule has 4 aromatic rings. The number of aromatic nitrogens is 3. The highest BCUT2D eigenvalue weighted by Crippen LogP contribution is 2.35. The normalized spacial score (nSPS) is 10.9. The van der Waals surface area contributed by atoms with Gasteiger partial charge in [-0.2, -0.15) is 0 Å². The lowest BCUT2D eigenvalue weighted by molar-refractivity contribution is 0.276. The molecule has 10 heteroatoms. The molecule has 2 N–H and O–H groups in total. The first kappa shape index (κ1) is 24.5. The van der Waals surface area contributed by atoms with Gasteiger partial charge in [0.2, 0.25) is 0 Å². The van der Waals surface area contributed by atoms with Crippen molar-refractivity contribution in [3.63, 3.8) is 0 Å². The number of hydrogen-bond donors (Lipinski definition) is 2. The third-order valence-electron chi connectivity index (χ3n) is 4.92. The van der Waals surface area contributed by atoms with Gasteiger partial charge in [0.15, 0.2) is 5.75 Å². The van der Waals surface area contributed by atoms with Crippen LogP contribution in [-0.4, -0.2) is 20.3 Å². The predicted octanol–water partition coefficient (Wildman–Crippen LogP) is 6.73. The van der Waals surface area contributed by atoms with Gasteiger partial charge >= 0.3 is 6.01 Å². The SMILES string of the molecule is Oc1c(Cl)cc(-c2cnc(OCc3ccc(CNCc4cccc(Cl)c4Cl)cc3)nn2)cc1Cl. The van der Waals surface area contributed by atoms with E-state index >= 15 is 0 Å². The van der Waals surface area contributed by atoms with Gasteiger partial charge < -0.3 is 15.2 Å². The van der Waals surface area contributed by atoms with Gasteiger partial charge in [-0.1, -0.05) is 87.9 Å². The fourth-order valence-electron chi connectivity index (χ4n) is 3.10. The summed E-state index contributed by atoms with van der Waals surface area (Å²) in [4.78, 5) is 4.18. The predicted molar refractivity (Wildman–Crippen MR) is 135 cm³/mol. The summed E-state index contributed by atoms with van der Waals surface area (Å²) >= 11 is 24.2. The number of aromatic hydroxyl groups is 1. The molecule has 3 aromatic carbocycles. The minimum absolute atomic E-state index is 0.122. The van der Waals surface area contributed by atoms with E-state index in [0.717, 1.165) is 16.7 Å². The van der Waals surface area contributed by atoms with Gasteiger partial charge in [-0.3, -0.25) is 0 Å². The smallest absolute Gasteiger partial charge is 0.336 e. The van der Waals surface area contributed by atoms with Crippen LogP contribution in [0.5, 0.6) is 11.8 Å². The highest BCUT2D eigenvalue weighted by molar-refractivity contribution is 6.42. The van der Waals surface area contributed by atoms with Crippen LogP contribution in [0.3, 0.4) is 0 Å². The molecule has 0 spiro atoms. The van der Waals surface area contributed by atoms with E-state index in [4.69, 9.17) is 51.1 Å².